The molecule has 2 unspecified atom stereocenters. The van der Waals surface area contributed by atoms with Crippen molar-refractivity contribution in [2.75, 3.05) is 25.5 Å². The molecule has 0 radical (unpaired) electrons. The van der Waals surface area contributed by atoms with Gasteiger partial charge in [-0.1, -0.05) is 6.07 Å². The van der Waals surface area contributed by atoms with Crippen LogP contribution in [-0.4, -0.2) is 54.4 Å². The van der Waals surface area contributed by atoms with Crippen LogP contribution in [0.1, 0.15) is 50.3 Å². The lowest BCUT2D eigenvalue weighted by Gasteiger charge is -2.22. The number of anilines is 1. The highest BCUT2D eigenvalue weighted by Gasteiger charge is 2.16. The van der Waals surface area contributed by atoms with E-state index in [4.69, 9.17) is 20.6 Å². The predicted molar refractivity (Wildman–Crippen MR) is 107 cm³/mol. The molecule has 0 saturated heterocycles. The molecule has 5 N–H and O–H groups in total. The Bertz CT molecular complexity index is 597. The van der Waals surface area contributed by atoms with Crippen molar-refractivity contribution in [3.8, 4) is 0 Å². The average molecular weight is 379 g/mol. The Morgan fingerprint density at radius 3 is 3.00 bits per heavy atom. The number of pyridine rings is 1. The van der Waals surface area contributed by atoms with Crippen LogP contribution in [0.5, 0.6) is 0 Å². The van der Waals surface area contributed by atoms with Crippen molar-refractivity contribution in [1.82, 2.24) is 10.3 Å². The lowest BCUT2D eigenvalue weighted by molar-refractivity contribution is -0.138. The number of aryl methyl sites for hydroxylation is 2. The number of ether oxygens (including phenoxy) is 1. The molecule has 27 heavy (non-hydrogen) atoms. The first-order chi connectivity index (χ1) is 13.0. The average Bonchev–Trinajstić information content (AvgIpc) is 2.67. The minimum Gasteiger partial charge on any atom is -0.480 e. The highest BCUT2D eigenvalue weighted by molar-refractivity contribution is 5.72. The van der Waals surface area contributed by atoms with Crippen molar-refractivity contribution in [3.05, 3.63) is 23.4 Å². The summed E-state index contributed by atoms with van der Waals surface area (Å²) in [6, 6.07) is 3.79. The molecule has 1 aromatic heterocycles. The summed E-state index contributed by atoms with van der Waals surface area (Å²) in [6.07, 6.45) is 6.68. The summed E-state index contributed by atoms with van der Waals surface area (Å²) in [5.41, 5.74) is 8.02. The van der Waals surface area contributed by atoms with Crippen molar-refractivity contribution in [1.29, 1.82) is 0 Å². The number of nitrogens with one attached hydrogen (secondary N) is 2. The number of carboxylic acids is 1. The molecule has 0 spiro atoms. The predicted octanol–water partition coefficient (Wildman–Crippen LogP) is 1.95. The molecule has 7 nitrogen and oxygen atoms in total. The highest BCUT2D eigenvalue weighted by atomic mass is 16.5. The second-order valence-electron chi connectivity index (χ2n) is 7.40. The molecule has 0 bridgehead atoms. The lowest BCUT2D eigenvalue weighted by atomic mass is 10.0. The first-order valence-corrected chi connectivity index (χ1v) is 9.96. The quantitative estimate of drug-likeness (QED) is 0.440. The van der Waals surface area contributed by atoms with Gasteiger partial charge in [0.15, 0.2) is 0 Å². The van der Waals surface area contributed by atoms with Crippen LogP contribution in [0.2, 0.25) is 0 Å². The number of carboxylic acid groups (broad SMARTS) is 1. The number of rotatable bonds is 12. The zero-order valence-corrected chi connectivity index (χ0v) is 16.5. The maximum Gasteiger partial charge on any atom is 0.320 e. The molecule has 1 aliphatic heterocycles. The fourth-order valence-electron chi connectivity index (χ4n) is 3.40. The van der Waals surface area contributed by atoms with Crippen LogP contribution in [0.3, 0.4) is 0 Å². The lowest BCUT2D eigenvalue weighted by Crippen LogP contribution is -2.38. The van der Waals surface area contributed by atoms with Crippen LogP contribution in [0.4, 0.5) is 5.82 Å². The summed E-state index contributed by atoms with van der Waals surface area (Å²) in [5, 5.41) is 15.7. The molecular weight excluding hydrogens is 344 g/mol. The van der Waals surface area contributed by atoms with E-state index in [0.717, 1.165) is 50.2 Å². The zero-order chi connectivity index (χ0) is 19.6. The number of nitrogens with zero attached hydrogens (tertiary/aromatic N) is 1. The van der Waals surface area contributed by atoms with E-state index in [-0.39, 0.29) is 12.1 Å². The van der Waals surface area contributed by atoms with E-state index < -0.39 is 12.0 Å². The second kappa shape index (κ2) is 11.2. The van der Waals surface area contributed by atoms with Gasteiger partial charge in [-0.3, -0.25) is 4.79 Å². The van der Waals surface area contributed by atoms with E-state index in [2.05, 4.69) is 22.8 Å². The van der Waals surface area contributed by atoms with Gasteiger partial charge in [0.1, 0.15) is 11.9 Å². The van der Waals surface area contributed by atoms with Crippen LogP contribution in [-0.2, 0) is 22.4 Å². The standard InChI is InChI=1S/C20H34N4O3/c1-14(27-2)13-17(22-12-10-18(21)20(25)26)7-3-6-16-9-8-15-5-4-11-23-19(15)24-16/h8-9,14,17-18,22H,3-7,10-13,21H2,1-2H3,(H,23,24)(H,25,26)/t14?,17-,18?/m1/s1. The Balaban J connectivity index is 1.80. The van der Waals surface area contributed by atoms with Crippen molar-refractivity contribution >= 4 is 11.8 Å². The maximum atomic E-state index is 10.8. The number of hydrogen-bond acceptors (Lipinski definition) is 6. The van der Waals surface area contributed by atoms with Gasteiger partial charge < -0.3 is 26.2 Å². The molecule has 1 aromatic rings. The van der Waals surface area contributed by atoms with Crippen LogP contribution >= 0.6 is 0 Å². The number of carbonyl (C=O) groups is 1. The van der Waals surface area contributed by atoms with Gasteiger partial charge in [-0.15, -0.1) is 0 Å². The molecule has 0 saturated carbocycles. The summed E-state index contributed by atoms with van der Waals surface area (Å²) >= 11 is 0. The Kier molecular flexibility index (Phi) is 8.97. The third-order valence-electron chi connectivity index (χ3n) is 5.16. The third-order valence-corrected chi connectivity index (χ3v) is 5.16. The van der Waals surface area contributed by atoms with Gasteiger partial charge in [-0.25, -0.2) is 4.98 Å². The largest absolute Gasteiger partial charge is 0.480 e. The van der Waals surface area contributed by atoms with Crippen LogP contribution in [0.25, 0.3) is 0 Å². The molecule has 152 valence electrons. The van der Waals surface area contributed by atoms with Gasteiger partial charge in [0.05, 0.1) is 6.10 Å². The minimum atomic E-state index is -0.953. The zero-order valence-electron chi connectivity index (χ0n) is 16.5. The second-order valence-corrected chi connectivity index (χ2v) is 7.40. The van der Waals surface area contributed by atoms with Gasteiger partial charge in [0, 0.05) is 25.4 Å². The van der Waals surface area contributed by atoms with Gasteiger partial charge in [-0.2, -0.15) is 0 Å². The highest BCUT2D eigenvalue weighted by Crippen LogP contribution is 2.20. The maximum absolute atomic E-state index is 10.8. The Morgan fingerprint density at radius 2 is 2.26 bits per heavy atom. The number of aromatic nitrogens is 1. The monoisotopic (exact) mass is 378 g/mol. The summed E-state index contributed by atoms with van der Waals surface area (Å²) < 4.78 is 5.39. The molecule has 0 amide bonds. The topological polar surface area (TPSA) is 110 Å². The van der Waals surface area contributed by atoms with Crippen LogP contribution in [0.15, 0.2) is 12.1 Å². The van der Waals surface area contributed by atoms with E-state index in [1.807, 2.05) is 6.92 Å². The SMILES string of the molecule is COC(C)C[C@@H](CCCc1ccc2c(n1)NCCC2)NCCC(N)C(=O)O. The summed E-state index contributed by atoms with van der Waals surface area (Å²) in [5.74, 6) is 0.0924. The number of aliphatic carboxylic acids is 1. The summed E-state index contributed by atoms with van der Waals surface area (Å²) in [7, 11) is 1.71. The fourth-order valence-corrected chi connectivity index (χ4v) is 3.40. The molecule has 3 atom stereocenters. The van der Waals surface area contributed by atoms with Crippen molar-refractivity contribution in [2.24, 2.45) is 5.73 Å². The van der Waals surface area contributed by atoms with E-state index in [0.29, 0.717) is 13.0 Å². The third kappa shape index (κ3) is 7.44. The first kappa shape index (κ1) is 21.6. The van der Waals surface area contributed by atoms with Gasteiger partial charge in [0.2, 0.25) is 0 Å². The summed E-state index contributed by atoms with van der Waals surface area (Å²) in [6.45, 7) is 3.65. The molecule has 0 fully saturated rings. The van der Waals surface area contributed by atoms with Crippen molar-refractivity contribution < 1.29 is 14.6 Å². The van der Waals surface area contributed by atoms with Crippen LogP contribution in [0, 0.1) is 0 Å². The number of hydrogen-bond donors (Lipinski definition) is 4. The number of fused-ring (bicyclic) bond motifs is 1. The van der Waals surface area contributed by atoms with E-state index >= 15 is 0 Å². The Morgan fingerprint density at radius 1 is 1.44 bits per heavy atom. The Hall–Kier alpha value is -1.70. The fraction of sp³-hybridized carbons (Fsp3) is 0.700. The van der Waals surface area contributed by atoms with Gasteiger partial charge >= 0.3 is 5.97 Å². The van der Waals surface area contributed by atoms with Gasteiger partial charge in [-0.05, 0) is 70.0 Å². The van der Waals surface area contributed by atoms with Crippen LogP contribution < -0.4 is 16.4 Å². The van der Waals surface area contributed by atoms with E-state index in [1.165, 1.54) is 12.0 Å². The van der Waals surface area contributed by atoms with E-state index in [1.54, 1.807) is 7.11 Å². The molecule has 2 rings (SSSR count). The molecule has 1 aliphatic rings. The molecule has 2 heterocycles. The summed E-state index contributed by atoms with van der Waals surface area (Å²) in [4.78, 5) is 15.6. The smallest absolute Gasteiger partial charge is 0.320 e. The number of nitrogens with two attached hydrogens (primary N) is 1. The number of methoxy groups -OCH3 is 1. The minimum absolute atomic E-state index is 0.154. The molecular formula is C20H34N4O3. The van der Waals surface area contributed by atoms with E-state index in [9.17, 15) is 4.79 Å². The Labute approximate surface area is 162 Å². The van der Waals surface area contributed by atoms with Gasteiger partial charge in [0.25, 0.3) is 0 Å². The molecule has 0 aromatic carbocycles. The van der Waals surface area contributed by atoms with Crippen molar-refractivity contribution in [3.63, 3.8) is 0 Å². The normalized spacial score (nSPS) is 16.9. The molecule has 7 heteroatoms. The first-order valence-electron chi connectivity index (χ1n) is 9.96. The van der Waals surface area contributed by atoms with Crippen molar-refractivity contribution in [2.45, 2.75) is 70.1 Å². The molecule has 0 aliphatic carbocycles.